The molecule has 2 aliphatic heterocycles. The Morgan fingerprint density at radius 1 is 1.00 bits per heavy atom. The third-order valence-corrected chi connectivity index (χ3v) is 7.08. The summed E-state index contributed by atoms with van der Waals surface area (Å²) in [6, 6.07) is 22.9. The van der Waals surface area contributed by atoms with Crippen LogP contribution in [0.2, 0.25) is 0 Å². The Balaban J connectivity index is 1.37. The number of amidine groups is 2. The van der Waals surface area contributed by atoms with Crippen LogP contribution in [-0.2, 0) is 4.79 Å². The molecule has 1 N–H and O–H groups in total. The Bertz CT molecular complexity index is 1460. The molecule has 1 amide bonds. The summed E-state index contributed by atoms with van der Waals surface area (Å²) in [5, 5.41) is 11.3. The van der Waals surface area contributed by atoms with Crippen molar-refractivity contribution in [3.8, 4) is 17.2 Å². The van der Waals surface area contributed by atoms with Crippen LogP contribution in [0.1, 0.15) is 18.1 Å². The Hall–Kier alpha value is -3.82. The molecule has 2 heterocycles. The molecule has 0 unspecified atom stereocenters. The fourth-order valence-corrected chi connectivity index (χ4v) is 5.44. The zero-order chi connectivity index (χ0) is 26.5. The third kappa shape index (κ3) is 5.54. The lowest BCUT2D eigenvalue weighted by molar-refractivity contribution is -0.114. The molecule has 7 nitrogen and oxygen atoms in total. The molecule has 192 valence electrons. The Labute approximate surface area is 233 Å². The van der Waals surface area contributed by atoms with Crippen molar-refractivity contribution in [2.24, 2.45) is 4.99 Å². The van der Waals surface area contributed by atoms with Crippen molar-refractivity contribution < 1.29 is 19.0 Å². The minimum absolute atomic E-state index is 0.0765. The van der Waals surface area contributed by atoms with E-state index in [4.69, 9.17) is 19.6 Å². The smallest absolute Gasteiger partial charge is 0.283 e. The van der Waals surface area contributed by atoms with E-state index in [0.717, 1.165) is 17.0 Å². The van der Waals surface area contributed by atoms with Crippen molar-refractivity contribution in [2.45, 2.75) is 6.92 Å². The van der Waals surface area contributed by atoms with Crippen molar-refractivity contribution in [2.75, 3.05) is 19.8 Å². The quantitative estimate of drug-likeness (QED) is 0.223. The van der Waals surface area contributed by atoms with Gasteiger partial charge >= 0.3 is 0 Å². The van der Waals surface area contributed by atoms with Gasteiger partial charge in [-0.05, 0) is 64.3 Å². The number of nitrogens with one attached hydrogen (secondary N) is 1. The predicted octanol–water partition coefficient (Wildman–Crippen LogP) is 6.61. The molecule has 0 saturated heterocycles. The van der Waals surface area contributed by atoms with Crippen LogP contribution >= 0.6 is 27.7 Å². The van der Waals surface area contributed by atoms with Crippen LogP contribution in [0.5, 0.6) is 17.2 Å². The monoisotopic (exact) mass is 589 g/mol. The molecule has 0 radical (unpaired) electrons. The second-order valence-corrected chi connectivity index (χ2v) is 9.89. The van der Waals surface area contributed by atoms with Crippen molar-refractivity contribution in [3.63, 3.8) is 0 Å². The molecular weight excluding hydrogens is 566 g/mol. The second kappa shape index (κ2) is 11.7. The average Bonchev–Trinajstić information content (AvgIpc) is 3.35. The van der Waals surface area contributed by atoms with Gasteiger partial charge in [0.25, 0.3) is 5.91 Å². The van der Waals surface area contributed by atoms with Gasteiger partial charge in [-0.25, -0.2) is 0 Å². The first-order valence-corrected chi connectivity index (χ1v) is 13.7. The lowest BCUT2D eigenvalue weighted by Crippen LogP contribution is -2.38. The zero-order valence-corrected chi connectivity index (χ0v) is 22.9. The maximum atomic E-state index is 12.9. The van der Waals surface area contributed by atoms with Crippen molar-refractivity contribution >= 4 is 56.4 Å². The summed E-state index contributed by atoms with van der Waals surface area (Å²) in [4.78, 5) is 18.9. The molecular formula is C29H24BrN3O4S. The molecule has 3 aromatic carbocycles. The summed E-state index contributed by atoms with van der Waals surface area (Å²) in [6.07, 6.45) is 1.66. The molecule has 9 heteroatoms. The molecule has 5 rings (SSSR count). The number of carbonyl (C=O) groups excluding carboxylic acids is 1. The maximum absolute atomic E-state index is 12.9. The highest BCUT2D eigenvalue weighted by molar-refractivity contribution is 9.10. The summed E-state index contributed by atoms with van der Waals surface area (Å²) in [5.74, 6) is 1.46. The van der Waals surface area contributed by atoms with Gasteiger partial charge in [-0.2, -0.15) is 4.99 Å². The zero-order valence-electron chi connectivity index (χ0n) is 20.5. The normalized spacial score (nSPS) is 15.7. The minimum atomic E-state index is -0.455. The van der Waals surface area contributed by atoms with E-state index in [2.05, 4.69) is 20.9 Å². The van der Waals surface area contributed by atoms with Gasteiger partial charge in [0.05, 0.1) is 22.3 Å². The van der Waals surface area contributed by atoms with E-state index in [1.807, 2.05) is 79.1 Å². The molecule has 2 aliphatic rings. The molecule has 38 heavy (non-hydrogen) atoms. The summed E-state index contributed by atoms with van der Waals surface area (Å²) in [6.45, 7) is 3.00. The molecule has 0 spiro atoms. The summed E-state index contributed by atoms with van der Waals surface area (Å²) < 4.78 is 18.2. The summed E-state index contributed by atoms with van der Waals surface area (Å²) in [7, 11) is 0. The number of fused-ring (bicyclic) bond motifs is 1. The van der Waals surface area contributed by atoms with E-state index in [1.54, 1.807) is 17.0 Å². The topological polar surface area (TPSA) is 84.2 Å². The number of hydrogen-bond acceptors (Lipinski definition) is 6. The fourth-order valence-electron chi connectivity index (χ4n) is 3.98. The number of ether oxygens (including phenoxy) is 3. The third-order valence-electron chi connectivity index (χ3n) is 5.67. The van der Waals surface area contributed by atoms with Gasteiger partial charge in [0.2, 0.25) is 0 Å². The molecule has 0 bridgehead atoms. The summed E-state index contributed by atoms with van der Waals surface area (Å²) >= 11 is 4.92. The van der Waals surface area contributed by atoms with E-state index < -0.39 is 5.91 Å². The predicted molar refractivity (Wildman–Crippen MR) is 155 cm³/mol. The van der Waals surface area contributed by atoms with E-state index in [0.29, 0.717) is 46.5 Å². The molecule has 0 saturated carbocycles. The van der Waals surface area contributed by atoms with Gasteiger partial charge < -0.3 is 14.2 Å². The number of thioether (sulfide) groups is 1. The van der Waals surface area contributed by atoms with Crippen LogP contribution in [0.15, 0.2) is 93.2 Å². The number of hydrogen-bond donors (Lipinski definition) is 1. The number of nitrogens with zero attached hydrogens (tertiary/aromatic N) is 2. The number of aliphatic imine (C=N–C) groups is 1. The molecule has 3 aromatic rings. The first kappa shape index (κ1) is 25.8. The van der Waals surface area contributed by atoms with Crippen LogP contribution in [-0.4, -0.2) is 41.6 Å². The van der Waals surface area contributed by atoms with Crippen LogP contribution in [0, 0.1) is 5.41 Å². The van der Waals surface area contributed by atoms with E-state index >= 15 is 0 Å². The highest BCUT2D eigenvalue weighted by Crippen LogP contribution is 2.40. The number of halogens is 1. The number of amides is 1. The minimum Gasteiger partial charge on any atom is -0.490 e. The van der Waals surface area contributed by atoms with Crippen LogP contribution in [0.25, 0.3) is 11.8 Å². The van der Waals surface area contributed by atoms with E-state index in [1.165, 1.54) is 11.8 Å². The van der Waals surface area contributed by atoms with Gasteiger partial charge in [-0.15, -0.1) is 0 Å². The Kier molecular flexibility index (Phi) is 7.95. The summed E-state index contributed by atoms with van der Waals surface area (Å²) in [5.41, 5.74) is 2.63. The highest BCUT2D eigenvalue weighted by atomic mass is 79.9. The van der Waals surface area contributed by atoms with E-state index in [9.17, 15) is 4.79 Å². The van der Waals surface area contributed by atoms with Crippen LogP contribution in [0.4, 0.5) is 0 Å². The van der Waals surface area contributed by atoms with Gasteiger partial charge in [0, 0.05) is 5.41 Å². The van der Waals surface area contributed by atoms with Crippen molar-refractivity contribution in [1.82, 2.24) is 4.90 Å². The van der Waals surface area contributed by atoms with Gasteiger partial charge in [-0.3, -0.25) is 15.1 Å². The standard InChI is InChI=1S/C29H24BrN3O4S/c1-2-35-25-17-19(16-23(30)26(25)37-14-13-36-21-11-7-4-8-12-21)15-22-27(31)33-24(20-9-5-3-6-10-20)18-38-29(33)32-28(22)34/h3-12,15-18,31H,2,13-14H2,1H3/b22-15-,31-27?. The second-order valence-electron chi connectivity index (χ2n) is 8.20. The SMILES string of the molecule is CCOc1cc(/C=C2/C(=N)N3C(c4ccccc4)=CSC3=NC2=O)cc(Br)c1OCCOc1ccccc1. The fraction of sp³-hybridized carbons (Fsp3) is 0.138. The number of para-hydroxylation sites is 1. The Morgan fingerprint density at radius 3 is 2.45 bits per heavy atom. The van der Waals surface area contributed by atoms with Crippen molar-refractivity contribution in [1.29, 1.82) is 5.41 Å². The number of rotatable bonds is 9. The largest absolute Gasteiger partial charge is 0.490 e. The van der Waals surface area contributed by atoms with Crippen molar-refractivity contribution in [3.05, 3.63) is 99.4 Å². The lowest BCUT2D eigenvalue weighted by Gasteiger charge is -2.27. The van der Waals surface area contributed by atoms with Gasteiger partial charge in [-0.1, -0.05) is 60.3 Å². The van der Waals surface area contributed by atoms with Crippen LogP contribution in [0.3, 0.4) is 0 Å². The highest BCUT2D eigenvalue weighted by Gasteiger charge is 2.36. The number of benzene rings is 3. The first-order valence-electron chi connectivity index (χ1n) is 12.0. The van der Waals surface area contributed by atoms with Crippen LogP contribution < -0.4 is 14.2 Å². The van der Waals surface area contributed by atoms with Gasteiger partial charge in [0.1, 0.15) is 24.8 Å². The molecule has 0 atom stereocenters. The van der Waals surface area contributed by atoms with Gasteiger partial charge in [0.15, 0.2) is 16.7 Å². The lowest BCUT2D eigenvalue weighted by atomic mass is 10.1. The molecule has 0 aromatic heterocycles. The number of carbonyl (C=O) groups is 1. The molecule has 0 fully saturated rings. The average molecular weight is 590 g/mol. The maximum Gasteiger partial charge on any atom is 0.283 e. The molecule has 0 aliphatic carbocycles. The van der Waals surface area contributed by atoms with E-state index in [-0.39, 0.29) is 11.4 Å². The first-order chi connectivity index (χ1) is 18.5. The Morgan fingerprint density at radius 2 is 1.71 bits per heavy atom.